The summed E-state index contributed by atoms with van der Waals surface area (Å²) in [5.74, 6) is 1.85. The Labute approximate surface area is 140 Å². The van der Waals surface area contributed by atoms with Crippen molar-refractivity contribution >= 4 is 27.7 Å². The molecule has 0 fully saturated rings. The van der Waals surface area contributed by atoms with Crippen molar-refractivity contribution in [1.29, 1.82) is 0 Å². The summed E-state index contributed by atoms with van der Waals surface area (Å²) in [6.45, 7) is 1.07. The zero-order valence-corrected chi connectivity index (χ0v) is 14.8. The molecule has 0 amide bonds. The van der Waals surface area contributed by atoms with E-state index in [1.54, 1.807) is 0 Å². The standard InChI is InChI=1S/C18H22BrNS/c1-20-14-16(12-15-6-5-7-17(19)13-15)10-11-21-18-8-3-2-4-9-18/h2-9,13,16,20H,10-12,14H2,1H3. The average molecular weight is 364 g/mol. The van der Waals surface area contributed by atoms with Crippen molar-refractivity contribution in [3.05, 3.63) is 64.6 Å². The summed E-state index contributed by atoms with van der Waals surface area (Å²) in [6, 6.07) is 19.3. The molecule has 3 heteroatoms. The van der Waals surface area contributed by atoms with Gasteiger partial charge >= 0.3 is 0 Å². The van der Waals surface area contributed by atoms with Gasteiger partial charge < -0.3 is 5.32 Å². The van der Waals surface area contributed by atoms with Crippen LogP contribution in [0.5, 0.6) is 0 Å². The van der Waals surface area contributed by atoms with Crippen molar-refractivity contribution in [1.82, 2.24) is 5.32 Å². The highest BCUT2D eigenvalue weighted by molar-refractivity contribution is 9.10. The van der Waals surface area contributed by atoms with Crippen LogP contribution >= 0.6 is 27.7 Å². The molecule has 1 nitrogen and oxygen atoms in total. The molecule has 2 aromatic carbocycles. The molecular weight excluding hydrogens is 342 g/mol. The third-order valence-corrected chi connectivity index (χ3v) is 4.98. The zero-order chi connectivity index (χ0) is 14.9. The van der Waals surface area contributed by atoms with E-state index in [9.17, 15) is 0 Å². The maximum Gasteiger partial charge on any atom is 0.0177 e. The summed E-state index contributed by atoms with van der Waals surface area (Å²) in [4.78, 5) is 1.36. The van der Waals surface area contributed by atoms with Crippen LogP contribution in [0, 0.1) is 5.92 Å². The van der Waals surface area contributed by atoms with Gasteiger partial charge in [-0.1, -0.05) is 46.3 Å². The minimum absolute atomic E-state index is 0.681. The lowest BCUT2D eigenvalue weighted by Crippen LogP contribution is -2.21. The van der Waals surface area contributed by atoms with E-state index >= 15 is 0 Å². The number of halogens is 1. The molecular formula is C18H22BrNS. The number of nitrogens with one attached hydrogen (secondary N) is 1. The SMILES string of the molecule is CNCC(CCSc1ccccc1)Cc1cccc(Br)c1. The summed E-state index contributed by atoms with van der Waals surface area (Å²) in [6.07, 6.45) is 2.36. The van der Waals surface area contributed by atoms with Gasteiger partial charge in [-0.05, 0) is 67.9 Å². The second kappa shape index (κ2) is 9.29. The molecule has 1 unspecified atom stereocenters. The Balaban J connectivity index is 1.84. The molecule has 0 heterocycles. The van der Waals surface area contributed by atoms with Gasteiger partial charge in [-0.3, -0.25) is 0 Å². The normalized spacial score (nSPS) is 12.3. The smallest absolute Gasteiger partial charge is 0.0177 e. The quantitative estimate of drug-likeness (QED) is 0.661. The van der Waals surface area contributed by atoms with Crippen molar-refractivity contribution in [2.45, 2.75) is 17.7 Å². The maximum absolute atomic E-state index is 3.55. The monoisotopic (exact) mass is 363 g/mol. The Bertz CT molecular complexity index is 530. The van der Waals surface area contributed by atoms with Crippen molar-refractivity contribution < 1.29 is 0 Å². The van der Waals surface area contributed by atoms with Crippen molar-refractivity contribution in [3.63, 3.8) is 0 Å². The number of hydrogen-bond acceptors (Lipinski definition) is 2. The molecule has 1 atom stereocenters. The van der Waals surface area contributed by atoms with Gasteiger partial charge in [-0.25, -0.2) is 0 Å². The first-order valence-corrected chi connectivity index (χ1v) is 9.12. The van der Waals surface area contributed by atoms with Gasteiger partial charge in [-0.15, -0.1) is 11.8 Å². The Morgan fingerprint density at radius 2 is 1.90 bits per heavy atom. The Morgan fingerprint density at radius 1 is 1.10 bits per heavy atom. The summed E-state index contributed by atoms with van der Waals surface area (Å²) < 4.78 is 1.17. The maximum atomic E-state index is 3.55. The molecule has 0 aliphatic rings. The molecule has 0 saturated heterocycles. The van der Waals surface area contributed by atoms with E-state index in [-0.39, 0.29) is 0 Å². The second-order valence-electron chi connectivity index (χ2n) is 5.21. The van der Waals surface area contributed by atoms with Gasteiger partial charge in [0.15, 0.2) is 0 Å². The molecule has 0 aliphatic carbocycles. The average Bonchev–Trinajstić information content (AvgIpc) is 2.48. The lowest BCUT2D eigenvalue weighted by Gasteiger charge is -2.16. The molecule has 0 bridgehead atoms. The zero-order valence-electron chi connectivity index (χ0n) is 12.4. The van der Waals surface area contributed by atoms with Crippen molar-refractivity contribution in [2.75, 3.05) is 19.3 Å². The minimum atomic E-state index is 0.681. The van der Waals surface area contributed by atoms with Crippen molar-refractivity contribution in [3.8, 4) is 0 Å². The molecule has 112 valence electrons. The van der Waals surface area contributed by atoms with Gasteiger partial charge in [-0.2, -0.15) is 0 Å². The van der Waals surface area contributed by atoms with Crippen LogP contribution in [0.25, 0.3) is 0 Å². The van der Waals surface area contributed by atoms with Gasteiger partial charge in [0.05, 0.1) is 0 Å². The van der Waals surface area contributed by atoms with Gasteiger partial charge in [0.2, 0.25) is 0 Å². The van der Waals surface area contributed by atoms with E-state index in [0.29, 0.717) is 5.92 Å². The van der Waals surface area contributed by atoms with E-state index in [2.05, 4.69) is 75.8 Å². The molecule has 0 radical (unpaired) electrons. The van der Waals surface area contributed by atoms with Gasteiger partial charge in [0.25, 0.3) is 0 Å². The number of thioether (sulfide) groups is 1. The third kappa shape index (κ3) is 6.25. The highest BCUT2D eigenvalue weighted by Gasteiger charge is 2.09. The van der Waals surface area contributed by atoms with Crippen LogP contribution < -0.4 is 5.32 Å². The number of rotatable bonds is 8. The Kier molecular flexibility index (Phi) is 7.34. The van der Waals surface area contributed by atoms with Crippen LogP contribution in [0.3, 0.4) is 0 Å². The molecule has 0 aliphatic heterocycles. The van der Waals surface area contributed by atoms with Crippen LogP contribution in [-0.4, -0.2) is 19.3 Å². The predicted octanol–water partition coefficient (Wildman–Crippen LogP) is 5.01. The number of hydrogen-bond donors (Lipinski definition) is 1. The lowest BCUT2D eigenvalue weighted by molar-refractivity contribution is 0.484. The summed E-state index contributed by atoms with van der Waals surface area (Å²) >= 11 is 5.51. The van der Waals surface area contributed by atoms with Crippen molar-refractivity contribution in [2.24, 2.45) is 5.92 Å². The topological polar surface area (TPSA) is 12.0 Å². The van der Waals surface area contributed by atoms with Crippen LogP contribution in [0.1, 0.15) is 12.0 Å². The fraction of sp³-hybridized carbons (Fsp3) is 0.333. The molecule has 2 rings (SSSR count). The molecule has 0 aromatic heterocycles. The fourth-order valence-corrected chi connectivity index (χ4v) is 3.91. The molecule has 0 saturated carbocycles. The highest BCUT2D eigenvalue weighted by atomic mass is 79.9. The minimum Gasteiger partial charge on any atom is -0.319 e. The van der Waals surface area contributed by atoms with Gasteiger partial charge in [0, 0.05) is 9.37 Å². The Hall–Kier alpha value is -0.770. The first-order chi connectivity index (χ1) is 10.3. The molecule has 1 N–H and O–H groups in total. The van der Waals surface area contributed by atoms with Crippen LogP contribution in [0.15, 0.2) is 64.0 Å². The second-order valence-corrected chi connectivity index (χ2v) is 7.29. The van der Waals surface area contributed by atoms with E-state index in [0.717, 1.165) is 13.0 Å². The summed E-state index contributed by atoms with van der Waals surface area (Å²) in [5, 5.41) is 3.33. The largest absolute Gasteiger partial charge is 0.319 e. The molecule has 0 spiro atoms. The van der Waals surface area contributed by atoms with Gasteiger partial charge in [0.1, 0.15) is 0 Å². The third-order valence-electron chi connectivity index (χ3n) is 3.44. The first-order valence-electron chi connectivity index (χ1n) is 7.35. The summed E-state index contributed by atoms with van der Waals surface area (Å²) in [7, 11) is 2.04. The molecule has 21 heavy (non-hydrogen) atoms. The van der Waals surface area contributed by atoms with E-state index in [1.807, 2.05) is 18.8 Å². The van der Waals surface area contributed by atoms with Crippen LogP contribution in [0.4, 0.5) is 0 Å². The predicted molar refractivity (Wildman–Crippen MR) is 97.0 cm³/mol. The van der Waals surface area contributed by atoms with Crippen LogP contribution in [0.2, 0.25) is 0 Å². The fourth-order valence-electron chi connectivity index (χ4n) is 2.42. The highest BCUT2D eigenvalue weighted by Crippen LogP contribution is 2.22. The van der Waals surface area contributed by atoms with Crippen LogP contribution in [-0.2, 0) is 6.42 Å². The summed E-state index contributed by atoms with van der Waals surface area (Å²) in [5.41, 5.74) is 1.41. The van der Waals surface area contributed by atoms with E-state index < -0.39 is 0 Å². The van der Waals surface area contributed by atoms with E-state index in [4.69, 9.17) is 0 Å². The first kappa shape index (κ1) is 16.6. The molecule has 2 aromatic rings. The number of benzene rings is 2. The lowest BCUT2D eigenvalue weighted by atomic mass is 9.97. The Morgan fingerprint density at radius 3 is 2.62 bits per heavy atom. The van der Waals surface area contributed by atoms with E-state index in [1.165, 1.54) is 27.1 Å².